The summed E-state index contributed by atoms with van der Waals surface area (Å²) < 4.78 is 61.1. The molecule has 0 saturated heterocycles. The molecule has 0 spiro atoms. The summed E-state index contributed by atoms with van der Waals surface area (Å²) >= 11 is 4.69. The number of sulfonamides is 1. The molecule has 0 heterocycles. The molecule has 106 valence electrons. The first-order valence-electron chi connectivity index (χ1n) is 5.08. The standard InChI is InChI=1S/C10H11F3N2O2S2/c11-10(12,13)4-5-15-19(16,17)8-3-1-2-7(6-8)9(14)18/h1-3,6,15H,4-5H2,(H2,14,18). The van der Waals surface area contributed by atoms with Crippen LogP contribution in [0.4, 0.5) is 13.2 Å². The molecule has 1 aromatic rings. The average Bonchev–Trinajstić information content (AvgIpc) is 2.27. The van der Waals surface area contributed by atoms with Crippen LogP contribution in [0.5, 0.6) is 0 Å². The van der Waals surface area contributed by atoms with E-state index in [9.17, 15) is 21.6 Å². The molecule has 19 heavy (non-hydrogen) atoms. The zero-order valence-corrected chi connectivity index (χ0v) is 11.2. The number of benzene rings is 1. The minimum absolute atomic E-state index is 0.00680. The molecular weight excluding hydrogens is 301 g/mol. The number of hydrogen-bond donors (Lipinski definition) is 2. The van der Waals surface area contributed by atoms with Crippen LogP contribution in [0.25, 0.3) is 0 Å². The highest BCUT2D eigenvalue weighted by Gasteiger charge is 2.27. The summed E-state index contributed by atoms with van der Waals surface area (Å²) in [5.41, 5.74) is 5.68. The Bertz CT molecular complexity index is 570. The highest BCUT2D eigenvalue weighted by molar-refractivity contribution is 7.89. The predicted octanol–water partition coefficient (Wildman–Crippen LogP) is 1.55. The Morgan fingerprint density at radius 1 is 1.37 bits per heavy atom. The molecule has 9 heteroatoms. The molecule has 3 N–H and O–H groups in total. The zero-order valence-electron chi connectivity index (χ0n) is 9.57. The van der Waals surface area contributed by atoms with Crippen LogP contribution in [0.15, 0.2) is 29.2 Å². The maximum absolute atomic E-state index is 11.9. The Kier molecular flexibility index (Phi) is 4.88. The van der Waals surface area contributed by atoms with E-state index in [0.717, 1.165) is 0 Å². The second-order valence-corrected chi connectivity index (χ2v) is 5.86. The van der Waals surface area contributed by atoms with Gasteiger partial charge in [-0.25, -0.2) is 13.1 Å². The van der Waals surface area contributed by atoms with Gasteiger partial charge in [0, 0.05) is 12.1 Å². The number of nitrogens with two attached hydrogens (primary N) is 1. The van der Waals surface area contributed by atoms with E-state index in [1.807, 2.05) is 4.72 Å². The van der Waals surface area contributed by atoms with Crippen LogP contribution in [0.3, 0.4) is 0 Å². The lowest BCUT2D eigenvalue weighted by Crippen LogP contribution is -2.28. The second-order valence-electron chi connectivity index (χ2n) is 3.66. The Labute approximate surface area is 113 Å². The van der Waals surface area contributed by atoms with Crippen molar-refractivity contribution >= 4 is 27.2 Å². The molecule has 0 radical (unpaired) electrons. The summed E-state index contributed by atoms with van der Waals surface area (Å²) in [5, 5.41) is 0. The third-order valence-electron chi connectivity index (χ3n) is 2.13. The van der Waals surface area contributed by atoms with Crippen LogP contribution >= 0.6 is 12.2 Å². The first-order valence-corrected chi connectivity index (χ1v) is 6.97. The molecule has 0 unspecified atom stereocenters. The molecule has 0 saturated carbocycles. The molecule has 0 aliphatic carbocycles. The molecule has 1 rings (SSSR count). The van der Waals surface area contributed by atoms with Crippen molar-refractivity contribution in [2.45, 2.75) is 17.5 Å². The molecule has 0 amide bonds. The second kappa shape index (κ2) is 5.85. The van der Waals surface area contributed by atoms with Gasteiger partial charge in [0.15, 0.2) is 0 Å². The third-order valence-corrected chi connectivity index (χ3v) is 3.82. The van der Waals surface area contributed by atoms with Gasteiger partial charge in [-0.3, -0.25) is 0 Å². The maximum Gasteiger partial charge on any atom is 0.390 e. The molecule has 0 fully saturated rings. The smallest absolute Gasteiger partial charge is 0.389 e. The molecule has 0 aromatic heterocycles. The number of nitrogens with one attached hydrogen (secondary N) is 1. The Morgan fingerprint density at radius 3 is 2.53 bits per heavy atom. The van der Waals surface area contributed by atoms with Gasteiger partial charge in [-0.2, -0.15) is 13.2 Å². The highest BCUT2D eigenvalue weighted by atomic mass is 32.2. The first-order chi connectivity index (χ1) is 8.62. The van der Waals surface area contributed by atoms with Gasteiger partial charge in [0.1, 0.15) is 4.99 Å². The van der Waals surface area contributed by atoms with Crippen molar-refractivity contribution in [3.63, 3.8) is 0 Å². The monoisotopic (exact) mass is 312 g/mol. The van der Waals surface area contributed by atoms with Gasteiger partial charge in [-0.1, -0.05) is 24.4 Å². The van der Waals surface area contributed by atoms with Crippen LogP contribution < -0.4 is 10.5 Å². The fraction of sp³-hybridized carbons (Fsp3) is 0.300. The van der Waals surface area contributed by atoms with Gasteiger partial charge in [-0.05, 0) is 12.1 Å². The summed E-state index contributed by atoms with van der Waals surface area (Å²) in [6, 6.07) is 5.37. The normalized spacial score (nSPS) is 12.4. The molecule has 0 aliphatic heterocycles. The zero-order chi connectivity index (χ0) is 14.7. The summed E-state index contributed by atoms with van der Waals surface area (Å²) in [7, 11) is -4.00. The molecule has 0 atom stereocenters. The van der Waals surface area contributed by atoms with E-state index >= 15 is 0 Å². The third kappa shape index (κ3) is 5.13. The Balaban J connectivity index is 2.83. The van der Waals surface area contributed by atoms with Crippen molar-refractivity contribution < 1.29 is 21.6 Å². The molecular formula is C10H11F3N2O2S2. The fourth-order valence-electron chi connectivity index (χ4n) is 1.23. The molecule has 0 aliphatic rings. The Morgan fingerprint density at radius 2 is 2.00 bits per heavy atom. The van der Waals surface area contributed by atoms with Crippen LogP contribution in [0.2, 0.25) is 0 Å². The summed E-state index contributed by atoms with van der Waals surface area (Å²) in [6.45, 7) is -0.719. The lowest BCUT2D eigenvalue weighted by atomic mass is 10.2. The Hall–Kier alpha value is -1.19. The number of halogens is 3. The van der Waals surface area contributed by atoms with E-state index in [1.54, 1.807) is 0 Å². The average molecular weight is 312 g/mol. The largest absolute Gasteiger partial charge is 0.390 e. The van der Waals surface area contributed by atoms with Crippen LogP contribution in [0, 0.1) is 0 Å². The number of thiocarbonyl (C=S) groups is 1. The topological polar surface area (TPSA) is 72.2 Å². The SMILES string of the molecule is NC(=S)c1cccc(S(=O)(=O)NCCC(F)(F)F)c1. The van der Waals surface area contributed by atoms with Crippen LogP contribution in [0.1, 0.15) is 12.0 Å². The first kappa shape index (κ1) is 15.9. The van der Waals surface area contributed by atoms with E-state index in [2.05, 4.69) is 0 Å². The van der Waals surface area contributed by atoms with Crippen molar-refractivity contribution in [1.82, 2.24) is 4.72 Å². The fourth-order valence-corrected chi connectivity index (χ4v) is 2.43. The molecule has 0 bridgehead atoms. The van der Waals surface area contributed by atoms with E-state index in [1.165, 1.54) is 24.3 Å². The highest BCUT2D eigenvalue weighted by Crippen LogP contribution is 2.19. The van der Waals surface area contributed by atoms with Gasteiger partial charge in [-0.15, -0.1) is 0 Å². The molecule has 1 aromatic carbocycles. The van der Waals surface area contributed by atoms with Crippen LogP contribution in [-0.4, -0.2) is 26.1 Å². The lowest BCUT2D eigenvalue weighted by molar-refractivity contribution is -0.132. The van der Waals surface area contributed by atoms with Gasteiger partial charge in [0.05, 0.1) is 11.3 Å². The lowest BCUT2D eigenvalue weighted by Gasteiger charge is -2.09. The van der Waals surface area contributed by atoms with E-state index < -0.39 is 29.2 Å². The number of hydrogen-bond acceptors (Lipinski definition) is 3. The summed E-state index contributed by atoms with van der Waals surface area (Å²) in [6.07, 6.45) is -5.65. The summed E-state index contributed by atoms with van der Waals surface area (Å²) in [5.74, 6) is 0. The van der Waals surface area contributed by atoms with Crippen molar-refractivity contribution in [3.8, 4) is 0 Å². The molecule has 4 nitrogen and oxygen atoms in total. The van der Waals surface area contributed by atoms with Crippen molar-refractivity contribution in [2.24, 2.45) is 5.73 Å². The van der Waals surface area contributed by atoms with Gasteiger partial charge in [0.2, 0.25) is 10.0 Å². The van der Waals surface area contributed by atoms with Crippen LogP contribution in [-0.2, 0) is 10.0 Å². The van der Waals surface area contributed by atoms with Gasteiger partial charge >= 0.3 is 6.18 Å². The van der Waals surface area contributed by atoms with Gasteiger partial charge < -0.3 is 5.73 Å². The van der Waals surface area contributed by atoms with E-state index in [-0.39, 0.29) is 9.88 Å². The van der Waals surface area contributed by atoms with Crippen molar-refractivity contribution in [3.05, 3.63) is 29.8 Å². The minimum atomic E-state index is -4.41. The van der Waals surface area contributed by atoms with Gasteiger partial charge in [0.25, 0.3) is 0 Å². The van der Waals surface area contributed by atoms with E-state index in [4.69, 9.17) is 18.0 Å². The maximum atomic E-state index is 11.9. The number of rotatable bonds is 5. The summed E-state index contributed by atoms with van der Waals surface area (Å²) in [4.78, 5) is -0.174. The minimum Gasteiger partial charge on any atom is -0.389 e. The predicted molar refractivity (Wildman–Crippen MR) is 68.2 cm³/mol. The van der Waals surface area contributed by atoms with E-state index in [0.29, 0.717) is 5.56 Å². The quantitative estimate of drug-likeness (QED) is 0.809. The number of alkyl halides is 3. The van der Waals surface area contributed by atoms with Crippen molar-refractivity contribution in [2.75, 3.05) is 6.54 Å². The van der Waals surface area contributed by atoms with Crippen molar-refractivity contribution in [1.29, 1.82) is 0 Å².